The number of benzene rings is 4. The monoisotopic (exact) mass is 581 g/mol. The summed E-state index contributed by atoms with van der Waals surface area (Å²) >= 11 is 9.06. The molecule has 0 aliphatic heterocycles. The molecule has 0 saturated carbocycles. The lowest BCUT2D eigenvalue weighted by Crippen LogP contribution is -2.17. The fourth-order valence-electron chi connectivity index (χ4n) is 4.30. The normalized spacial score (nSPS) is 11.2. The maximum absolute atomic E-state index is 14.7. The number of rotatable bonds is 11. The SMILES string of the molecule is Cc1cc(C)c(SN(Cc2ccc(-c3cccc(SOCC(=O)O)c3)cc2)Cc2c(F)cccc2Cl)c(C)c1. The average Bonchev–Trinajstić information content (AvgIpc) is 2.88. The predicted octanol–water partition coefficient (Wildman–Crippen LogP) is 8.89. The van der Waals surface area contributed by atoms with E-state index in [2.05, 4.69) is 61.5 Å². The van der Waals surface area contributed by atoms with Gasteiger partial charge in [-0.2, -0.15) is 0 Å². The van der Waals surface area contributed by atoms with Gasteiger partial charge in [0.2, 0.25) is 0 Å². The highest BCUT2D eigenvalue weighted by molar-refractivity contribution is 7.97. The van der Waals surface area contributed by atoms with Gasteiger partial charge in [0.25, 0.3) is 0 Å². The van der Waals surface area contributed by atoms with Crippen molar-refractivity contribution in [1.82, 2.24) is 4.31 Å². The van der Waals surface area contributed by atoms with Gasteiger partial charge in [-0.05, 0) is 84.8 Å². The number of carboxylic acid groups (broad SMARTS) is 1. The molecular weight excluding hydrogens is 553 g/mol. The van der Waals surface area contributed by atoms with E-state index in [1.165, 1.54) is 22.8 Å². The summed E-state index contributed by atoms with van der Waals surface area (Å²) in [6, 6.07) is 25.1. The highest BCUT2D eigenvalue weighted by Crippen LogP contribution is 2.35. The molecule has 0 fully saturated rings. The highest BCUT2D eigenvalue weighted by Gasteiger charge is 2.17. The molecule has 0 radical (unpaired) electrons. The molecule has 4 rings (SSSR count). The summed E-state index contributed by atoms with van der Waals surface area (Å²) in [5, 5.41) is 9.19. The molecule has 0 heterocycles. The lowest BCUT2D eigenvalue weighted by Gasteiger charge is -2.24. The van der Waals surface area contributed by atoms with Crippen LogP contribution in [-0.4, -0.2) is 22.0 Å². The molecule has 0 aromatic heterocycles. The predicted molar refractivity (Wildman–Crippen MR) is 158 cm³/mol. The minimum absolute atomic E-state index is 0.314. The maximum atomic E-state index is 14.7. The molecule has 8 heteroatoms. The van der Waals surface area contributed by atoms with Crippen LogP contribution in [0.2, 0.25) is 5.02 Å². The van der Waals surface area contributed by atoms with Crippen molar-refractivity contribution in [3.05, 3.63) is 118 Å². The number of aliphatic carboxylic acids is 1. The molecule has 202 valence electrons. The van der Waals surface area contributed by atoms with Gasteiger partial charge in [0.15, 0.2) is 6.61 Å². The average molecular weight is 582 g/mol. The molecule has 0 atom stereocenters. The Hall–Kier alpha value is -2.81. The lowest BCUT2D eigenvalue weighted by molar-refractivity contribution is -0.138. The van der Waals surface area contributed by atoms with Gasteiger partial charge in [0.05, 0.1) is 0 Å². The molecule has 4 aromatic rings. The van der Waals surface area contributed by atoms with Crippen LogP contribution < -0.4 is 0 Å². The van der Waals surface area contributed by atoms with Crippen molar-refractivity contribution in [1.29, 1.82) is 0 Å². The maximum Gasteiger partial charge on any atom is 0.331 e. The molecule has 0 bridgehead atoms. The third-order valence-corrected chi connectivity index (χ3v) is 8.42. The smallest absolute Gasteiger partial charge is 0.331 e. The Morgan fingerprint density at radius 3 is 2.28 bits per heavy atom. The minimum atomic E-state index is -1.01. The highest BCUT2D eigenvalue weighted by atomic mass is 35.5. The van der Waals surface area contributed by atoms with E-state index < -0.39 is 5.97 Å². The van der Waals surface area contributed by atoms with Crippen molar-refractivity contribution in [2.75, 3.05) is 6.61 Å². The van der Waals surface area contributed by atoms with Crippen molar-refractivity contribution in [3.8, 4) is 11.1 Å². The Morgan fingerprint density at radius 2 is 1.62 bits per heavy atom. The zero-order valence-corrected chi connectivity index (χ0v) is 24.3. The number of halogens is 2. The Morgan fingerprint density at radius 1 is 0.923 bits per heavy atom. The van der Waals surface area contributed by atoms with Gasteiger partial charge in [-0.1, -0.05) is 71.8 Å². The lowest BCUT2D eigenvalue weighted by atomic mass is 10.0. The molecule has 1 N–H and O–H groups in total. The van der Waals surface area contributed by atoms with E-state index >= 15 is 0 Å². The largest absolute Gasteiger partial charge is 0.479 e. The Balaban J connectivity index is 1.55. The first kappa shape index (κ1) is 29.2. The van der Waals surface area contributed by atoms with E-state index in [0.717, 1.165) is 38.5 Å². The molecule has 39 heavy (non-hydrogen) atoms. The van der Waals surface area contributed by atoms with Gasteiger partial charge < -0.3 is 5.11 Å². The van der Waals surface area contributed by atoms with Crippen LogP contribution in [0.5, 0.6) is 0 Å². The van der Waals surface area contributed by atoms with E-state index in [4.69, 9.17) is 20.9 Å². The molecule has 0 unspecified atom stereocenters. The third-order valence-electron chi connectivity index (χ3n) is 6.04. The zero-order chi connectivity index (χ0) is 27.9. The molecule has 0 saturated heterocycles. The Labute approximate surface area is 242 Å². The van der Waals surface area contributed by atoms with E-state index in [9.17, 15) is 9.18 Å². The molecule has 0 aliphatic rings. The summed E-state index contributed by atoms with van der Waals surface area (Å²) in [6.07, 6.45) is 0. The summed E-state index contributed by atoms with van der Waals surface area (Å²) in [5.74, 6) is -1.32. The molecule has 0 spiro atoms. The van der Waals surface area contributed by atoms with Crippen LogP contribution in [0, 0.1) is 26.6 Å². The summed E-state index contributed by atoms with van der Waals surface area (Å²) in [7, 11) is 0. The fraction of sp³-hybridized carbons (Fsp3) is 0.194. The van der Waals surface area contributed by atoms with E-state index in [1.54, 1.807) is 24.1 Å². The standard InChI is InChI=1S/C31H29ClFNO3S2/c1-20-14-21(2)31(22(3)15-20)38-34(18-27-28(32)8-5-9-29(27)33)17-23-10-12-24(13-11-23)25-6-4-7-26(16-25)39-37-19-30(35)36/h4-16H,17-19H2,1-3H3,(H,35,36). The number of nitrogens with zero attached hydrogens (tertiary/aromatic N) is 1. The van der Waals surface area contributed by atoms with Crippen molar-refractivity contribution in [2.45, 2.75) is 43.7 Å². The Bertz CT molecular complexity index is 1420. The quantitative estimate of drug-likeness (QED) is 0.141. The first-order valence-electron chi connectivity index (χ1n) is 12.3. The first-order chi connectivity index (χ1) is 18.7. The molecular formula is C31H29ClFNO3S2. The number of hydrogen-bond donors (Lipinski definition) is 1. The van der Waals surface area contributed by atoms with Crippen molar-refractivity contribution in [3.63, 3.8) is 0 Å². The van der Waals surface area contributed by atoms with Crippen LogP contribution >= 0.6 is 35.6 Å². The van der Waals surface area contributed by atoms with Gasteiger partial charge in [-0.15, -0.1) is 0 Å². The minimum Gasteiger partial charge on any atom is -0.479 e. The second kappa shape index (κ2) is 13.5. The van der Waals surface area contributed by atoms with Crippen LogP contribution in [0.15, 0.2) is 88.7 Å². The molecule has 0 amide bonds. The number of hydrogen-bond acceptors (Lipinski definition) is 5. The summed E-state index contributed by atoms with van der Waals surface area (Å²) in [4.78, 5) is 12.7. The second-order valence-electron chi connectivity index (χ2n) is 9.28. The van der Waals surface area contributed by atoms with Crippen molar-refractivity contribution in [2.24, 2.45) is 0 Å². The summed E-state index contributed by atoms with van der Waals surface area (Å²) in [6.45, 7) is 6.86. The van der Waals surface area contributed by atoms with Crippen molar-refractivity contribution >= 4 is 41.6 Å². The van der Waals surface area contributed by atoms with Gasteiger partial charge >= 0.3 is 5.97 Å². The van der Waals surface area contributed by atoms with Gasteiger partial charge in [0, 0.05) is 45.5 Å². The topological polar surface area (TPSA) is 49.8 Å². The molecule has 4 nitrogen and oxygen atoms in total. The third kappa shape index (κ3) is 8.10. The molecule has 4 aromatic carbocycles. The fourth-order valence-corrected chi connectivity index (χ4v) is 6.20. The van der Waals surface area contributed by atoms with Crippen LogP contribution in [0.4, 0.5) is 4.39 Å². The second-order valence-corrected chi connectivity index (χ2v) is 11.7. The number of carbonyl (C=O) groups is 1. The van der Waals surface area contributed by atoms with Gasteiger partial charge in [0.1, 0.15) is 5.82 Å². The Kier molecular flexibility index (Phi) is 10.1. The summed E-state index contributed by atoms with van der Waals surface area (Å²) in [5.41, 5.74) is 7.16. The number of carboxylic acids is 1. The van der Waals surface area contributed by atoms with Crippen LogP contribution in [-0.2, 0) is 22.1 Å². The molecule has 0 aliphatic carbocycles. The first-order valence-corrected chi connectivity index (χ1v) is 14.2. The van der Waals surface area contributed by atoms with Gasteiger partial charge in [-0.3, -0.25) is 4.18 Å². The zero-order valence-electron chi connectivity index (χ0n) is 21.9. The van der Waals surface area contributed by atoms with Crippen LogP contribution in [0.3, 0.4) is 0 Å². The van der Waals surface area contributed by atoms with E-state index in [-0.39, 0.29) is 12.4 Å². The van der Waals surface area contributed by atoms with E-state index in [1.807, 2.05) is 24.3 Å². The van der Waals surface area contributed by atoms with Crippen LogP contribution in [0.25, 0.3) is 11.1 Å². The van der Waals surface area contributed by atoms with E-state index in [0.29, 0.717) is 23.7 Å². The van der Waals surface area contributed by atoms with Gasteiger partial charge in [-0.25, -0.2) is 13.5 Å². The van der Waals surface area contributed by atoms with Crippen molar-refractivity contribution < 1.29 is 18.5 Å². The number of aryl methyl sites for hydroxylation is 3. The van der Waals surface area contributed by atoms with Crippen LogP contribution in [0.1, 0.15) is 27.8 Å². The summed E-state index contributed by atoms with van der Waals surface area (Å²) < 4.78 is 22.0.